The van der Waals surface area contributed by atoms with Crippen LogP contribution in [-0.4, -0.2) is 38.2 Å². The maximum absolute atomic E-state index is 10.7. The maximum atomic E-state index is 10.7. The zero-order valence-electron chi connectivity index (χ0n) is 8.03. The Hall–Kier alpha value is -0.810. The van der Waals surface area contributed by atoms with Gasteiger partial charge in [0.2, 0.25) is 0 Å². The number of ether oxygens (including phenoxy) is 3. The highest BCUT2D eigenvalue weighted by Crippen LogP contribution is 2.14. The zero-order valence-corrected chi connectivity index (χ0v) is 8.03. The van der Waals surface area contributed by atoms with Crippen LogP contribution in [0.2, 0.25) is 0 Å². The highest BCUT2D eigenvalue weighted by atomic mass is 16.7. The van der Waals surface area contributed by atoms with Crippen LogP contribution in [0.15, 0.2) is 0 Å². The van der Waals surface area contributed by atoms with Crippen molar-refractivity contribution in [3.63, 3.8) is 0 Å². The predicted molar refractivity (Wildman–Crippen MR) is 47.8 cm³/mol. The molecule has 2 heterocycles. The summed E-state index contributed by atoms with van der Waals surface area (Å²) in [5.41, 5.74) is 0. The van der Waals surface area contributed by atoms with Gasteiger partial charge in [0, 0.05) is 6.61 Å². The largest absolute Gasteiger partial charge is 0.442 e. The average Bonchev–Trinajstić information content (AvgIpc) is 2.63. The SMILES string of the molecule is O=C1NC[C@@H](CO[C@H]2CCCCO2)O1. The first-order valence-corrected chi connectivity index (χ1v) is 5.02. The van der Waals surface area contributed by atoms with Crippen molar-refractivity contribution in [2.24, 2.45) is 0 Å². The van der Waals surface area contributed by atoms with Crippen molar-refractivity contribution in [1.29, 1.82) is 0 Å². The molecule has 0 spiro atoms. The molecule has 0 aromatic rings. The van der Waals surface area contributed by atoms with Crippen LogP contribution in [0.5, 0.6) is 0 Å². The van der Waals surface area contributed by atoms with Crippen molar-refractivity contribution in [2.75, 3.05) is 19.8 Å². The molecule has 2 atom stereocenters. The summed E-state index contributed by atoms with van der Waals surface area (Å²) < 4.78 is 15.8. The molecule has 0 aromatic carbocycles. The molecule has 2 saturated heterocycles. The molecule has 5 heteroatoms. The standard InChI is InChI=1S/C9H15NO4/c11-9-10-5-7(14-9)6-13-8-3-1-2-4-12-8/h7-8H,1-6H2,(H,10,11)/t7-,8-/m0/s1. The lowest BCUT2D eigenvalue weighted by Crippen LogP contribution is -2.28. The molecule has 2 rings (SSSR count). The lowest BCUT2D eigenvalue weighted by molar-refractivity contribution is -0.172. The minimum absolute atomic E-state index is 0.108. The van der Waals surface area contributed by atoms with E-state index in [9.17, 15) is 4.79 Å². The maximum Gasteiger partial charge on any atom is 0.407 e. The van der Waals surface area contributed by atoms with Gasteiger partial charge in [0.25, 0.3) is 0 Å². The number of carbonyl (C=O) groups excluding carboxylic acids is 1. The number of carbonyl (C=O) groups is 1. The molecule has 0 aliphatic carbocycles. The third kappa shape index (κ3) is 2.59. The van der Waals surface area contributed by atoms with E-state index >= 15 is 0 Å². The molecule has 1 N–H and O–H groups in total. The van der Waals surface area contributed by atoms with Gasteiger partial charge in [0.1, 0.15) is 6.10 Å². The Morgan fingerprint density at radius 1 is 1.50 bits per heavy atom. The second-order valence-corrected chi connectivity index (χ2v) is 3.54. The monoisotopic (exact) mass is 201 g/mol. The van der Waals surface area contributed by atoms with E-state index in [1.165, 1.54) is 0 Å². The Morgan fingerprint density at radius 2 is 2.43 bits per heavy atom. The predicted octanol–water partition coefficient (Wildman–Crippen LogP) is 0.638. The van der Waals surface area contributed by atoms with Crippen molar-refractivity contribution in [1.82, 2.24) is 5.32 Å². The van der Waals surface area contributed by atoms with E-state index in [2.05, 4.69) is 5.32 Å². The summed E-state index contributed by atoms with van der Waals surface area (Å²) in [7, 11) is 0. The average molecular weight is 201 g/mol. The summed E-state index contributed by atoms with van der Waals surface area (Å²) in [6.45, 7) is 1.72. The van der Waals surface area contributed by atoms with Gasteiger partial charge in [0.15, 0.2) is 6.29 Å². The molecule has 0 radical (unpaired) electrons. The molecule has 5 nitrogen and oxygen atoms in total. The van der Waals surface area contributed by atoms with Gasteiger partial charge >= 0.3 is 6.09 Å². The van der Waals surface area contributed by atoms with E-state index in [1.807, 2.05) is 0 Å². The lowest BCUT2D eigenvalue weighted by Gasteiger charge is -2.23. The molecular weight excluding hydrogens is 186 g/mol. The fourth-order valence-corrected chi connectivity index (χ4v) is 1.58. The highest BCUT2D eigenvalue weighted by Gasteiger charge is 2.24. The molecule has 2 aliphatic heterocycles. The first-order valence-electron chi connectivity index (χ1n) is 5.02. The van der Waals surface area contributed by atoms with E-state index in [4.69, 9.17) is 14.2 Å². The molecular formula is C9H15NO4. The van der Waals surface area contributed by atoms with Crippen LogP contribution in [0, 0.1) is 0 Å². The van der Waals surface area contributed by atoms with Gasteiger partial charge in [-0.1, -0.05) is 0 Å². The van der Waals surface area contributed by atoms with E-state index < -0.39 is 0 Å². The summed E-state index contributed by atoms with van der Waals surface area (Å²) in [6, 6.07) is 0. The number of nitrogens with one attached hydrogen (secondary N) is 1. The fourth-order valence-electron chi connectivity index (χ4n) is 1.58. The topological polar surface area (TPSA) is 56.8 Å². The second-order valence-electron chi connectivity index (χ2n) is 3.54. The van der Waals surface area contributed by atoms with Gasteiger partial charge in [-0.05, 0) is 19.3 Å². The summed E-state index contributed by atoms with van der Waals surface area (Å²) in [6.07, 6.45) is 2.57. The fraction of sp³-hybridized carbons (Fsp3) is 0.889. The number of cyclic esters (lactones) is 1. The van der Waals surface area contributed by atoms with Crippen LogP contribution in [0.3, 0.4) is 0 Å². The van der Waals surface area contributed by atoms with Crippen molar-refractivity contribution >= 4 is 6.09 Å². The third-order valence-corrected chi connectivity index (χ3v) is 2.35. The van der Waals surface area contributed by atoms with Crippen LogP contribution in [0.1, 0.15) is 19.3 Å². The number of alkyl carbamates (subject to hydrolysis) is 1. The summed E-state index contributed by atoms with van der Waals surface area (Å²) in [4.78, 5) is 10.7. The van der Waals surface area contributed by atoms with Crippen LogP contribution in [0.4, 0.5) is 4.79 Å². The number of amides is 1. The van der Waals surface area contributed by atoms with E-state index in [0.29, 0.717) is 13.2 Å². The van der Waals surface area contributed by atoms with Crippen LogP contribution >= 0.6 is 0 Å². The molecule has 0 bridgehead atoms. The minimum atomic E-state index is -0.358. The number of rotatable bonds is 3. The first kappa shape index (κ1) is 9.73. The Balaban J connectivity index is 1.63. The molecule has 14 heavy (non-hydrogen) atoms. The summed E-state index contributed by atoms with van der Waals surface area (Å²) >= 11 is 0. The molecule has 2 aliphatic rings. The van der Waals surface area contributed by atoms with Crippen LogP contribution in [-0.2, 0) is 14.2 Å². The Morgan fingerprint density at radius 3 is 3.07 bits per heavy atom. The number of hydrogen-bond acceptors (Lipinski definition) is 4. The quantitative estimate of drug-likeness (QED) is 0.728. The van der Waals surface area contributed by atoms with Gasteiger partial charge in [-0.15, -0.1) is 0 Å². The van der Waals surface area contributed by atoms with Crippen LogP contribution < -0.4 is 5.32 Å². The lowest BCUT2D eigenvalue weighted by atomic mass is 10.2. The molecule has 80 valence electrons. The Kier molecular flexibility index (Phi) is 3.21. The van der Waals surface area contributed by atoms with E-state index in [0.717, 1.165) is 25.9 Å². The molecule has 1 amide bonds. The van der Waals surface area contributed by atoms with Crippen LogP contribution in [0.25, 0.3) is 0 Å². The molecule has 0 saturated carbocycles. The molecule has 2 fully saturated rings. The first-order chi connectivity index (χ1) is 6.84. The van der Waals surface area contributed by atoms with E-state index in [1.54, 1.807) is 0 Å². The van der Waals surface area contributed by atoms with E-state index in [-0.39, 0.29) is 18.5 Å². The summed E-state index contributed by atoms with van der Waals surface area (Å²) in [5, 5.41) is 2.58. The zero-order chi connectivity index (χ0) is 9.80. The van der Waals surface area contributed by atoms with Gasteiger partial charge in [-0.3, -0.25) is 0 Å². The van der Waals surface area contributed by atoms with Crippen molar-refractivity contribution in [2.45, 2.75) is 31.7 Å². The Bertz CT molecular complexity index is 203. The molecule has 0 unspecified atom stereocenters. The van der Waals surface area contributed by atoms with Crippen molar-refractivity contribution in [3.8, 4) is 0 Å². The van der Waals surface area contributed by atoms with Gasteiger partial charge in [-0.2, -0.15) is 0 Å². The normalized spacial score (nSPS) is 32.4. The van der Waals surface area contributed by atoms with Gasteiger partial charge in [0.05, 0.1) is 13.2 Å². The van der Waals surface area contributed by atoms with Gasteiger partial charge < -0.3 is 19.5 Å². The van der Waals surface area contributed by atoms with Gasteiger partial charge in [-0.25, -0.2) is 4.79 Å². The van der Waals surface area contributed by atoms with Crippen molar-refractivity contribution in [3.05, 3.63) is 0 Å². The second kappa shape index (κ2) is 4.61. The number of hydrogen-bond donors (Lipinski definition) is 1. The Labute approximate surface area is 82.7 Å². The third-order valence-electron chi connectivity index (χ3n) is 2.35. The smallest absolute Gasteiger partial charge is 0.407 e. The highest BCUT2D eigenvalue weighted by molar-refractivity contribution is 5.69. The minimum Gasteiger partial charge on any atom is -0.442 e. The summed E-state index contributed by atoms with van der Waals surface area (Å²) in [5.74, 6) is 0. The molecule has 0 aromatic heterocycles. The van der Waals surface area contributed by atoms with Crippen molar-refractivity contribution < 1.29 is 19.0 Å².